The Labute approximate surface area is 171 Å². The number of piperidine rings is 1. The van der Waals surface area contributed by atoms with Crippen molar-refractivity contribution >= 4 is 22.6 Å². The summed E-state index contributed by atoms with van der Waals surface area (Å²) in [7, 11) is 0. The molecule has 1 saturated carbocycles. The number of amides is 1. The third-order valence-electron chi connectivity index (χ3n) is 6.67. The van der Waals surface area contributed by atoms with E-state index in [1.807, 2.05) is 39.9 Å². The first-order valence-corrected chi connectivity index (χ1v) is 10.8. The summed E-state index contributed by atoms with van der Waals surface area (Å²) in [6, 6.07) is 7.92. The Morgan fingerprint density at radius 3 is 2.66 bits per heavy atom. The zero-order valence-electron chi connectivity index (χ0n) is 17.0. The van der Waals surface area contributed by atoms with E-state index in [9.17, 15) is 9.59 Å². The molecular formula is C24H28N2O3. The van der Waals surface area contributed by atoms with Gasteiger partial charge in [-0.2, -0.15) is 0 Å². The Balaban J connectivity index is 1.32. The van der Waals surface area contributed by atoms with Crippen molar-refractivity contribution in [3.05, 3.63) is 47.7 Å². The van der Waals surface area contributed by atoms with Gasteiger partial charge in [0.2, 0.25) is 5.91 Å². The van der Waals surface area contributed by atoms with E-state index in [2.05, 4.69) is 13.0 Å². The molecule has 2 aromatic rings. The molecule has 1 aromatic heterocycles. The molecule has 1 amide bonds. The van der Waals surface area contributed by atoms with Crippen molar-refractivity contribution < 1.29 is 14.3 Å². The number of likely N-dealkylation sites (tertiary alicyclic amines) is 1. The fraction of sp³-hybridized carbons (Fsp3) is 0.500. The molecule has 0 bridgehead atoms. The number of para-hydroxylation sites is 1. The van der Waals surface area contributed by atoms with E-state index >= 15 is 0 Å². The van der Waals surface area contributed by atoms with Gasteiger partial charge in [0.1, 0.15) is 6.54 Å². The van der Waals surface area contributed by atoms with E-state index in [4.69, 9.17) is 4.74 Å². The number of hydrogen-bond acceptors (Lipinski definition) is 3. The van der Waals surface area contributed by atoms with E-state index in [0.29, 0.717) is 0 Å². The number of carbonyl (C=O) groups excluding carboxylic acids is 2. The highest BCUT2D eigenvalue weighted by molar-refractivity contribution is 6.10. The highest BCUT2D eigenvalue weighted by Crippen LogP contribution is 2.36. The number of nitrogens with zero attached hydrogens (tertiary/aromatic N) is 2. The van der Waals surface area contributed by atoms with Gasteiger partial charge < -0.3 is 14.2 Å². The number of ether oxygens (including phenoxy) is 1. The Bertz CT molecular complexity index is 991. The van der Waals surface area contributed by atoms with Crippen LogP contribution in [0.25, 0.3) is 10.9 Å². The summed E-state index contributed by atoms with van der Waals surface area (Å²) in [5.74, 6) is 0.515. The second-order valence-corrected chi connectivity index (χ2v) is 8.86. The first kappa shape index (κ1) is 18.6. The molecule has 1 saturated heterocycles. The van der Waals surface area contributed by atoms with Crippen molar-refractivity contribution in [2.45, 2.75) is 51.2 Å². The lowest BCUT2D eigenvalue weighted by Crippen LogP contribution is -2.49. The smallest absolute Gasteiger partial charge is 0.242 e. The van der Waals surface area contributed by atoms with Gasteiger partial charge in [-0.1, -0.05) is 29.8 Å². The molecule has 0 unspecified atom stereocenters. The molecule has 5 heteroatoms. The summed E-state index contributed by atoms with van der Waals surface area (Å²) in [5.41, 5.74) is 2.95. The third kappa shape index (κ3) is 3.52. The van der Waals surface area contributed by atoms with Crippen LogP contribution in [-0.4, -0.2) is 46.5 Å². The lowest BCUT2D eigenvalue weighted by atomic mass is 9.87. The van der Waals surface area contributed by atoms with Gasteiger partial charge in [-0.15, -0.1) is 0 Å². The van der Waals surface area contributed by atoms with Crippen molar-refractivity contribution in [1.82, 2.24) is 9.47 Å². The average molecular weight is 392 g/mol. The van der Waals surface area contributed by atoms with Crippen LogP contribution in [0.3, 0.4) is 0 Å². The molecule has 0 N–H and O–H groups in total. The Morgan fingerprint density at radius 2 is 1.93 bits per heavy atom. The standard InChI is InChI=1S/C24H28N2O3/c1-17-8-13-29-24(14-17)9-11-25(12-10-24)22(27)16-26-15-20(23(28)18-6-7-18)19-4-2-3-5-21(19)26/h2-5,14-15,18H,6-13,16H2,1H3. The van der Waals surface area contributed by atoms with Gasteiger partial charge in [0, 0.05) is 41.7 Å². The molecule has 1 aromatic carbocycles. The van der Waals surface area contributed by atoms with Crippen LogP contribution in [0.15, 0.2) is 42.1 Å². The number of carbonyl (C=O) groups is 2. The second kappa shape index (κ2) is 7.13. The number of ketones is 1. The van der Waals surface area contributed by atoms with Crippen LogP contribution in [-0.2, 0) is 16.1 Å². The molecule has 2 aliphatic heterocycles. The molecular weight excluding hydrogens is 364 g/mol. The molecule has 152 valence electrons. The molecule has 0 radical (unpaired) electrons. The number of aromatic nitrogens is 1. The van der Waals surface area contributed by atoms with Crippen molar-refractivity contribution in [2.75, 3.05) is 19.7 Å². The van der Waals surface area contributed by atoms with Crippen LogP contribution in [0.2, 0.25) is 0 Å². The predicted molar refractivity (Wildman–Crippen MR) is 112 cm³/mol. The van der Waals surface area contributed by atoms with E-state index in [-0.39, 0.29) is 29.8 Å². The zero-order chi connectivity index (χ0) is 20.0. The summed E-state index contributed by atoms with van der Waals surface area (Å²) in [5, 5.41) is 0.964. The van der Waals surface area contributed by atoms with Crippen molar-refractivity contribution in [1.29, 1.82) is 0 Å². The topological polar surface area (TPSA) is 51.5 Å². The number of hydrogen-bond donors (Lipinski definition) is 0. The first-order chi connectivity index (χ1) is 14.0. The SMILES string of the molecule is CC1=CC2(CCN(C(=O)Cn3cc(C(=O)C4CC4)c4ccccc43)CC2)OCC1. The van der Waals surface area contributed by atoms with Crippen LogP contribution >= 0.6 is 0 Å². The van der Waals surface area contributed by atoms with E-state index in [1.165, 1.54) is 5.57 Å². The number of rotatable bonds is 4. The number of Topliss-reactive ketones (excluding diaryl/α,β-unsaturated/α-hetero) is 1. The highest BCUT2D eigenvalue weighted by atomic mass is 16.5. The Morgan fingerprint density at radius 1 is 1.17 bits per heavy atom. The van der Waals surface area contributed by atoms with Crippen molar-refractivity contribution in [2.24, 2.45) is 5.92 Å². The van der Waals surface area contributed by atoms with Gasteiger partial charge in [0.05, 0.1) is 12.2 Å². The van der Waals surface area contributed by atoms with Gasteiger partial charge in [0.15, 0.2) is 5.78 Å². The molecule has 0 atom stereocenters. The fourth-order valence-electron chi connectivity index (χ4n) is 4.79. The molecule has 2 fully saturated rings. The van der Waals surface area contributed by atoms with E-state index < -0.39 is 0 Å². The number of benzene rings is 1. The maximum atomic E-state index is 13.0. The summed E-state index contributed by atoms with van der Waals surface area (Å²) < 4.78 is 8.04. The van der Waals surface area contributed by atoms with Gasteiger partial charge in [0.25, 0.3) is 0 Å². The Hall–Kier alpha value is -2.40. The van der Waals surface area contributed by atoms with Gasteiger partial charge in [-0.3, -0.25) is 9.59 Å². The van der Waals surface area contributed by atoms with Crippen LogP contribution in [0, 0.1) is 5.92 Å². The average Bonchev–Trinajstić information content (AvgIpc) is 3.51. The van der Waals surface area contributed by atoms with Gasteiger partial charge in [-0.05, 0) is 45.1 Å². The predicted octanol–water partition coefficient (Wildman–Crippen LogP) is 3.96. The quantitative estimate of drug-likeness (QED) is 0.585. The summed E-state index contributed by atoms with van der Waals surface area (Å²) in [6.07, 6.45) is 8.86. The minimum absolute atomic E-state index is 0.113. The molecule has 1 spiro atoms. The largest absolute Gasteiger partial charge is 0.370 e. The molecule has 5 nitrogen and oxygen atoms in total. The monoisotopic (exact) mass is 392 g/mol. The second-order valence-electron chi connectivity index (χ2n) is 8.86. The summed E-state index contributed by atoms with van der Waals surface area (Å²) in [4.78, 5) is 27.7. The lowest BCUT2D eigenvalue weighted by Gasteiger charge is -2.42. The summed E-state index contributed by atoms with van der Waals surface area (Å²) in [6.45, 7) is 4.66. The van der Waals surface area contributed by atoms with Gasteiger partial charge in [-0.25, -0.2) is 0 Å². The van der Waals surface area contributed by atoms with Crippen LogP contribution in [0.1, 0.15) is 49.4 Å². The molecule has 3 heterocycles. The molecule has 5 rings (SSSR count). The van der Waals surface area contributed by atoms with Gasteiger partial charge >= 0.3 is 0 Å². The highest BCUT2D eigenvalue weighted by Gasteiger charge is 2.37. The molecule has 3 aliphatic rings. The van der Waals surface area contributed by atoms with Crippen molar-refractivity contribution in [3.8, 4) is 0 Å². The maximum Gasteiger partial charge on any atom is 0.242 e. The summed E-state index contributed by atoms with van der Waals surface area (Å²) >= 11 is 0. The fourth-order valence-corrected chi connectivity index (χ4v) is 4.79. The zero-order valence-corrected chi connectivity index (χ0v) is 17.0. The van der Waals surface area contributed by atoms with Crippen LogP contribution < -0.4 is 0 Å². The minimum Gasteiger partial charge on any atom is -0.370 e. The molecule has 1 aliphatic carbocycles. The van der Waals surface area contributed by atoms with Crippen LogP contribution in [0.4, 0.5) is 0 Å². The maximum absolute atomic E-state index is 13.0. The first-order valence-electron chi connectivity index (χ1n) is 10.8. The minimum atomic E-state index is -0.177. The Kier molecular flexibility index (Phi) is 4.58. The van der Waals surface area contributed by atoms with Crippen molar-refractivity contribution in [3.63, 3.8) is 0 Å². The third-order valence-corrected chi connectivity index (χ3v) is 6.67. The normalized spacial score (nSPS) is 21.4. The van der Waals surface area contributed by atoms with E-state index in [1.54, 1.807) is 0 Å². The number of fused-ring (bicyclic) bond motifs is 1. The van der Waals surface area contributed by atoms with Crippen LogP contribution in [0.5, 0.6) is 0 Å². The molecule has 29 heavy (non-hydrogen) atoms. The lowest BCUT2D eigenvalue weighted by molar-refractivity contribution is -0.136. The van der Waals surface area contributed by atoms with E-state index in [0.717, 1.165) is 68.3 Å².